The standard InChI is InChI=1S/C15H16BrN5/c1-10-18-19-14-9-17-15(20-6-2-3-7-20)12-8-11(16)4-5-13(12)21(10)14/h4-5,8H,2-3,6-7,9H2,1H3. The minimum atomic E-state index is 0.582. The molecule has 0 saturated carbocycles. The zero-order valence-electron chi connectivity index (χ0n) is 11.9. The first-order chi connectivity index (χ1) is 10.2. The van der Waals surface area contributed by atoms with Crippen LogP contribution >= 0.6 is 15.9 Å². The highest BCUT2D eigenvalue weighted by atomic mass is 79.9. The van der Waals surface area contributed by atoms with Crippen LogP contribution in [0.1, 0.15) is 30.1 Å². The van der Waals surface area contributed by atoms with Gasteiger partial charge >= 0.3 is 0 Å². The highest BCUT2D eigenvalue weighted by Gasteiger charge is 2.25. The van der Waals surface area contributed by atoms with E-state index in [1.54, 1.807) is 0 Å². The van der Waals surface area contributed by atoms with Crippen LogP contribution in [0.5, 0.6) is 0 Å². The van der Waals surface area contributed by atoms with E-state index in [0.29, 0.717) is 6.54 Å². The van der Waals surface area contributed by atoms with E-state index in [4.69, 9.17) is 4.99 Å². The lowest BCUT2D eigenvalue weighted by molar-refractivity contribution is 0.518. The van der Waals surface area contributed by atoms with Gasteiger partial charge in [0.15, 0.2) is 5.82 Å². The summed E-state index contributed by atoms with van der Waals surface area (Å²) >= 11 is 3.59. The molecule has 0 atom stereocenters. The molecule has 2 aromatic rings. The summed E-state index contributed by atoms with van der Waals surface area (Å²) in [6.45, 7) is 4.75. The summed E-state index contributed by atoms with van der Waals surface area (Å²) in [5, 5.41) is 8.48. The summed E-state index contributed by atoms with van der Waals surface area (Å²) < 4.78 is 3.19. The Hall–Kier alpha value is -1.69. The van der Waals surface area contributed by atoms with E-state index in [-0.39, 0.29) is 0 Å². The van der Waals surface area contributed by atoms with Crippen LogP contribution in [0.3, 0.4) is 0 Å². The quantitative estimate of drug-likeness (QED) is 0.737. The first-order valence-electron chi connectivity index (χ1n) is 7.24. The third kappa shape index (κ3) is 2.09. The summed E-state index contributed by atoms with van der Waals surface area (Å²) in [4.78, 5) is 7.23. The van der Waals surface area contributed by atoms with Crippen LogP contribution < -0.4 is 0 Å². The van der Waals surface area contributed by atoms with Gasteiger partial charge in [-0.1, -0.05) is 15.9 Å². The molecule has 2 aliphatic rings. The van der Waals surface area contributed by atoms with Crippen molar-refractivity contribution in [3.05, 3.63) is 39.9 Å². The molecule has 2 aliphatic heterocycles. The van der Waals surface area contributed by atoms with Crippen molar-refractivity contribution in [3.8, 4) is 5.69 Å². The van der Waals surface area contributed by atoms with Crippen LogP contribution in [-0.4, -0.2) is 38.6 Å². The van der Waals surface area contributed by atoms with Gasteiger partial charge in [0.25, 0.3) is 0 Å². The first kappa shape index (κ1) is 13.0. The lowest BCUT2D eigenvalue weighted by Gasteiger charge is -2.21. The van der Waals surface area contributed by atoms with E-state index >= 15 is 0 Å². The van der Waals surface area contributed by atoms with Crippen molar-refractivity contribution in [1.29, 1.82) is 0 Å². The smallest absolute Gasteiger partial charge is 0.159 e. The predicted molar refractivity (Wildman–Crippen MR) is 84.8 cm³/mol. The lowest BCUT2D eigenvalue weighted by atomic mass is 10.1. The zero-order valence-corrected chi connectivity index (χ0v) is 13.5. The molecule has 4 rings (SSSR count). The van der Waals surface area contributed by atoms with Crippen LogP contribution in [0, 0.1) is 6.92 Å². The summed E-state index contributed by atoms with van der Waals surface area (Å²) in [5.41, 5.74) is 2.28. The molecule has 5 nitrogen and oxygen atoms in total. The fraction of sp³-hybridized carbons (Fsp3) is 0.400. The third-order valence-electron chi connectivity index (χ3n) is 4.11. The molecular formula is C15H16BrN5. The van der Waals surface area contributed by atoms with Crippen molar-refractivity contribution < 1.29 is 0 Å². The number of aliphatic imine (C=N–C) groups is 1. The maximum absolute atomic E-state index is 4.84. The van der Waals surface area contributed by atoms with Gasteiger partial charge in [-0.3, -0.25) is 9.56 Å². The Morgan fingerprint density at radius 1 is 1.14 bits per heavy atom. The van der Waals surface area contributed by atoms with Gasteiger partial charge in [0, 0.05) is 23.1 Å². The van der Waals surface area contributed by atoms with E-state index in [0.717, 1.165) is 46.3 Å². The van der Waals surface area contributed by atoms with Crippen molar-refractivity contribution in [2.75, 3.05) is 13.1 Å². The van der Waals surface area contributed by atoms with Crippen LogP contribution in [0.15, 0.2) is 27.7 Å². The first-order valence-corrected chi connectivity index (χ1v) is 8.04. The van der Waals surface area contributed by atoms with Gasteiger partial charge < -0.3 is 4.90 Å². The number of benzene rings is 1. The molecule has 1 saturated heterocycles. The second-order valence-electron chi connectivity index (χ2n) is 5.49. The van der Waals surface area contributed by atoms with Gasteiger partial charge in [0.1, 0.15) is 18.2 Å². The molecule has 0 aliphatic carbocycles. The largest absolute Gasteiger partial charge is 0.356 e. The number of aryl methyl sites for hydroxylation is 1. The number of hydrogen-bond donors (Lipinski definition) is 0. The van der Waals surface area contributed by atoms with Gasteiger partial charge in [-0.15, -0.1) is 10.2 Å². The Balaban J connectivity index is 1.94. The highest BCUT2D eigenvalue weighted by molar-refractivity contribution is 9.10. The van der Waals surface area contributed by atoms with E-state index < -0.39 is 0 Å². The monoisotopic (exact) mass is 345 g/mol. The second kappa shape index (κ2) is 4.94. The van der Waals surface area contributed by atoms with Gasteiger partial charge in [0.05, 0.1) is 5.69 Å². The predicted octanol–water partition coefficient (Wildman–Crippen LogP) is 2.69. The summed E-state index contributed by atoms with van der Waals surface area (Å²) in [5.74, 6) is 2.91. The molecule has 0 spiro atoms. The van der Waals surface area contributed by atoms with Gasteiger partial charge in [-0.2, -0.15) is 0 Å². The Bertz CT molecular complexity index is 728. The van der Waals surface area contributed by atoms with Crippen molar-refractivity contribution in [2.45, 2.75) is 26.3 Å². The Kier molecular flexibility index (Phi) is 3.06. The maximum Gasteiger partial charge on any atom is 0.159 e. The number of amidine groups is 1. The molecule has 1 aromatic heterocycles. The molecule has 21 heavy (non-hydrogen) atoms. The molecule has 0 N–H and O–H groups in total. The van der Waals surface area contributed by atoms with Crippen molar-refractivity contribution in [1.82, 2.24) is 19.7 Å². The van der Waals surface area contributed by atoms with E-state index in [1.165, 1.54) is 12.8 Å². The molecule has 3 heterocycles. The van der Waals surface area contributed by atoms with Crippen molar-refractivity contribution in [3.63, 3.8) is 0 Å². The maximum atomic E-state index is 4.84. The molecular weight excluding hydrogens is 330 g/mol. The van der Waals surface area contributed by atoms with Crippen LogP contribution in [0.4, 0.5) is 0 Å². The summed E-state index contributed by atoms with van der Waals surface area (Å²) in [6, 6.07) is 6.34. The van der Waals surface area contributed by atoms with E-state index in [1.807, 2.05) is 6.92 Å². The number of halogens is 1. The summed E-state index contributed by atoms with van der Waals surface area (Å²) in [7, 11) is 0. The Morgan fingerprint density at radius 3 is 2.76 bits per heavy atom. The second-order valence-corrected chi connectivity index (χ2v) is 6.41. The molecule has 0 amide bonds. The van der Waals surface area contributed by atoms with Crippen LogP contribution in [0.25, 0.3) is 5.69 Å². The number of nitrogens with zero attached hydrogens (tertiary/aromatic N) is 5. The number of aromatic nitrogens is 3. The number of likely N-dealkylation sites (tertiary alicyclic amines) is 1. The number of fused-ring (bicyclic) bond motifs is 3. The van der Waals surface area contributed by atoms with Crippen molar-refractivity contribution in [2.24, 2.45) is 4.99 Å². The summed E-state index contributed by atoms with van der Waals surface area (Å²) in [6.07, 6.45) is 2.49. The third-order valence-corrected chi connectivity index (χ3v) is 4.60. The molecule has 0 radical (unpaired) electrons. The van der Waals surface area contributed by atoms with E-state index in [9.17, 15) is 0 Å². The molecule has 1 fully saturated rings. The average molecular weight is 346 g/mol. The van der Waals surface area contributed by atoms with Crippen molar-refractivity contribution >= 4 is 21.8 Å². The molecule has 1 aromatic carbocycles. The van der Waals surface area contributed by atoms with E-state index in [2.05, 4.69) is 53.8 Å². The minimum absolute atomic E-state index is 0.582. The normalized spacial score (nSPS) is 17.2. The topological polar surface area (TPSA) is 46.3 Å². The van der Waals surface area contributed by atoms with Gasteiger partial charge in [0.2, 0.25) is 0 Å². The Morgan fingerprint density at radius 2 is 1.95 bits per heavy atom. The number of rotatable bonds is 0. The van der Waals surface area contributed by atoms with Gasteiger partial charge in [-0.25, -0.2) is 0 Å². The fourth-order valence-corrected chi connectivity index (χ4v) is 3.50. The van der Waals surface area contributed by atoms with Crippen LogP contribution in [-0.2, 0) is 6.54 Å². The highest BCUT2D eigenvalue weighted by Crippen LogP contribution is 2.28. The number of hydrogen-bond acceptors (Lipinski definition) is 4. The van der Waals surface area contributed by atoms with Gasteiger partial charge in [-0.05, 0) is 38.0 Å². The Labute approximate surface area is 131 Å². The molecule has 108 valence electrons. The lowest BCUT2D eigenvalue weighted by Crippen LogP contribution is -2.29. The molecule has 6 heteroatoms. The fourth-order valence-electron chi connectivity index (χ4n) is 3.13. The molecule has 0 bridgehead atoms. The minimum Gasteiger partial charge on any atom is -0.356 e. The average Bonchev–Trinajstić information content (AvgIpc) is 3.08. The molecule has 0 unspecified atom stereocenters. The van der Waals surface area contributed by atoms with Crippen LogP contribution in [0.2, 0.25) is 0 Å². The zero-order chi connectivity index (χ0) is 14.4. The SMILES string of the molecule is Cc1nnc2n1-c1ccc(Br)cc1C(N1CCCC1)=NC2.